The maximum atomic E-state index is 11.3. The summed E-state index contributed by atoms with van der Waals surface area (Å²) >= 11 is 5.80. The summed E-state index contributed by atoms with van der Waals surface area (Å²) in [6, 6.07) is 6.53. The van der Waals surface area contributed by atoms with Crippen molar-refractivity contribution >= 4 is 23.7 Å². The van der Waals surface area contributed by atoms with Crippen molar-refractivity contribution in [2.45, 2.75) is 13.8 Å². The van der Waals surface area contributed by atoms with Crippen LogP contribution in [0.25, 0.3) is 0 Å². The lowest BCUT2D eigenvalue weighted by Crippen LogP contribution is -2.18. The van der Waals surface area contributed by atoms with Gasteiger partial charge >= 0.3 is 12.1 Å². The van der Waals surface area contributed by atoms with Crippen LogP contribution in [0.3, 0.4) is 0 Å². The van der Waals surface area contributed by atoms with Crippen LogP contribution >= 0.6 is 11.6 Å². The van der Waals surface area contributed by atoms with Gasteiger partial charge in [0.05, 0.1) is 10.9 Å². The van der Waals surface area contributed by atoms with Crippen LogP contribution in [-0.4, -0.2) is 25.3 Å². The van der Waals surface area contributed by atoms with Gasteiger partial charge in [0.1, 0.15) is 13.2 Å². The number of hydrogen-bond donors (Lipinski definition) is 0. The van der Waals surface area contributed by atoms with Gasteiger partial charge < -0.3 is 14.2 Å². The first-order chi connectivity index (χ1) is 9.00. The predicted molar refractivity (Wildman–Crippen MR) is 69.2 cm³/mol. The molecule has 0 heterocycles. The molecular weight excluding hydrogens is 272 g/mol. The molecule has 0 amide bonds. The lowest BCUT2D eigenvalue weighted by Gasteiger charge is -2.08. The molecule has 1 rings (SSSR count). The minimum Gasteiger partial charge on any atom is -0.462 e. The number of carbonyl (C=O) groups is 2. The Morgan fingerprint density at radius 1 is 1.16 bits per heavy atom. The van der Waals surface area contributed by atoms with Crippen molar-refractivity contribution in [3.63, 3.8) is 0 Å². The van der Waals surface area contributed by atoms with Crippen molar-refractivity contribution in [1.82, 2.24) is 0 Å². The molecule has 6 heteroatoms. The second-order valence-corrected chi connectivity index (χ2v) is 4.36. The summed E-state index contributed by atoms with van der Waals surface area (Å²) in [6.45, 7) is 3.36. The molecule has 0 N–H and O–H groups in total. The Labute approximate surface area is 116 Å². The molecule has 0 saturated heterocycles. The molecule has 0 atom stereocenters. The summed E-state index contributed by atoms with van der Waals surface area (Å²) < 4.78 is 14.4. The van der Waals surface area contributed by atoms with Crippen LogP contribution < -0.4 is 4.74 Å². The van der Waals surface area contributed by atoms with Gasteiger partial charge in [-0.2, -0.15) is 0 Å². The molecule has 0 spiro atoms. The van der Waals surface area contributed by atoms with E-state index < -0.39 is 6.16 Å². The Bertz CT molecular complexity index is 444. The summed E-state index contributed by atoms with van der Waals surface area (Å²) in [5.74, 6) is -0.341. The van der Waals surface area contributed by atoms with Crippen molar-refractivity contribution in [2.75, 3.05) is 13.2 Å². The van der Waals surface area contributed by atoms with Crippen LogP contribution in [0, 0.1) is 5.92 Å². The van der Waals surface area contributed by atoms with Gasteiger partial charge in [-0.05, 0) is 12.1 Å². The Kier molecular flexibility index (Phi) is 6.15. The summed E-state index contributed by atoms with van der Waals surface area (Å²) in [5.41, 5.74) is 0. The molecule has 1 aromatic rings. The van der Waals surface area contributed by atoms with Crippen LogP contribution in [0.15, 0.2) is 24.3 Å². The molecule has 0 aliphatic rings. The minimum atomic E-state index is -0.895. The van der Waals surface area contributed by atoms with E-state index in [1.807, 2.05) is 0 Å². The third-order valence-electron chi connectivity index (χ3n) is 2.05. The Balaban J connectivity index is 2.26. The van der Waals surface area contributed by atoms with Gasteiger partial charge in [-0.15, -0.1) is 0 Å². The van der Waals surface area contributed by atoms with Crippen molar-refractivity contribution in [3.8, 4) is 5.75 Å². The fourth-order valence-corrected chi connectivity index (χ4v) is 1.25. The van der Waals surface area contributed by atoms with Crippen LogP contribution in [0.1, 0.15) is 13.8 Å². The van der Waals surface area contributed by atoms with Crippen LogP contribution in [0.5, 0.6) is 5.75 Å². The summed E-state index contributed by atoms with van der Waals surface area (Å²) in [4.78, 5) is 22.4. The van der Waals surface area contributed by atoms with Gasteiger partial charge in [-0.25, -0.2) is 4.79 Å². The quantitative estimate of drug-likeness (QED) is 0.473. The lowest BCUT2D eigenvalue weighted by atomic mass is 10.2. The zero-order chi connectivity index (χ0) is 14.3. The van der Waals surface area contributed by atoms with Crippen LogP contribution in [0.2, 0.25) is 5.02 Å². The van der Waals surface area contributed by atoms with Crippen LogP contribution in [0.4, 0.5) is 4.79 Å². The second-order valence-electron chi connectivity index (χ2n) is 3.95. The van der Waals surface area contributed by atoms with Gasteiger partial charge in [-0.3, -0.25) is 4.79 Å². The van der Waals surface area contributed by atoms with E-state index >= 15 is 0 Å². The fraction of sp³-hybridized carbons (Fsp3) is 0.385. The van der Waals surface area contributed by atoms with Crippen molar-refractivity contribution in [3.05, 3.63) is 29.3 Å². The van der Waals surface area contributed by atoms with E-state index in [2.05, 4.69) is 0 Å². The van der Waals surface area contributed by atoms with E-state index in [-0.39, 0.29) is 30.9 Å². The third-order valence-corrected chi connectivity index (χ3v) is 2.36. The molecule has 0 saturated carbocycles. The van der Waals surface area contributed by atoms with E-state index in [1.165, 1.54) is 0 Å². The predicted octanol–water partition coefficient (Wildman–Crippen LogP) is 3.05. The number of para-hydroxylation sites is 1. The maximum absolute atomic E-state index is 11.3. The number of rotatable bonds is 5. The number of hydrogen-bond acceptors (Lipinski definition) is 5. The highest BCUT2D eigenvalue weighted by molar-refractivity contribution is 6.32. The molecule has 19 heavy (non-hydrogen) atoms. The standard InChI is InChI=1S/C13H15ClO5/c1-9(2)12(15)17-7-8-18-13(16)19-11-6-4-3-5-10(11)14/h3-6,9H,7-8H2,1-2H3. The molecule has 0 radical (unpaired) electrons. The van der Waals surface area contributed by atoms with Crippen molar-refractivity contribution < 1.29 is 23.8 Å². The SMILES string of the molecule is CC(C)C(=O)OCCOC(=O)Oc1ccccc1Cl. The van der Waals surface area contributed by atoms with Gasteiger partial charge in [-0.1, -0.05) is 37.6 Å². The average molecular weight is 287 g/mol. The first kappa shape index (κ1) is 15.3. The average Bonchev–Trinajstić information content (AvgIpc) is 2.37. The van der Waals surface area contributed by atoms with Crippen molar-refractivity contribution in [1.29, 1.82) is 0 Å². The molecule has 0 unspecified atom stereocenters. The molecular formula is C13H15ClO5. The summed E-state index contributed by atoms with van der Waals surface area (Å²) in [6.07, 6.45) is -0.895. The van der Waals surface area contributed by atoms with E-state index in [1.54, 1.807) is 38.1 Å². The van der Waals surface area contributed by atoms with Gasteiger partial charge in [0, 0.05) is 0 Å². The maximum Gasteiger partial charge on any atom is 0.514 e. The second kappa shape index (κ2) is 7.63. The molecule has 0 aliphatic heterocycles. The smallest absolute Gasteiger partial charge is 0.462 e. The topological polar surface area (TPSA) is 61.8 Å². The fourth-order valence-electron chi connectivity index (χ4n) is 1.08. The molecule has 0 fully saturated rings. The highest BCUT2D eigenvalue weighted by Crippen LogP contribution is 2.23. The first-order valence-corrected chi connectivity index (χ1v) is 6.14. The first-order valence-electron chi connectivity index (χ1n) is 5.76. The zero-order valence-electron chi connectivity index (χ0n) is 10.7. The highest BCUT2D eigenvalue weighted by atomic mass is 35.5. The van der Waals surface area contributed by atoms with Gasteiger partial charge in [0.2, 0.25) is 0 Å². The number of ether oxygens (including phenoxy) is 3. The van der Waals surface area contributed by atoms with Gasteiger partial charge in [0.25, 0.3) is 0 Å². The van der Waals surface area contributed by atoms with E-state index in [4.69, 9.17) is 25.8 Å². The van der Waals surface area contributed by atoms with E-state index in [0.29, 0.717) is 5.02 Å². The molecule has 1 aromatic carbocycles. The zero-order valence-corrected chi connectivity index (χ0v) is 11.5. The number of carbonyl (C=O) groups excluding carboxylic acids is 2. The van der Waals surface area contributed by atoms with Crippen molar-refractivity contribution in [2.24, 2.45) is 5.92 Å². The van der Waals surface area contributed by atoms with Crippen LogP contribution in [-0.2, 0) is 14.3 Å². The van der Waals surface area contributed by atoms with E-state index in [9.17, 15) is 9.59 Å². The number of esters is 1. The normalized spacial score (nSPS) is 10.1. The Hall–Kier alpha value is -1.75. The molecule has 0 bridgehead atoms. The number of halogens is 1. The Morgan fingerprint density at radius 3 is 2.42 bits per heavy atom. The summed E-state index contributed by atoms with van der Waals surface area (Å²) in [5, 5.41) is 0.311. The molecule has 0 aliphatic carbocycles. The largest absolute Gasteiger partial charge is 0.514 e. The molecule has 0 aromatic heterocycles. The highest BCUT2D eigenvalue weighted by Gasteiger charge is 2.11. The van der Waals surface area contributed by atoms with Gasteiger partial charge in [0.15, 0.2) is 5.75 Å². The summed E-state index contributed by atoms with van der Waals surface area (Å²) in [7, 11) is 0. The molecule has 5 nitrogen and oxygen atoms in total. The third kappa shape index (κ3) is 5.61. The minimum absolute atomic E-state index is 0.00532. The lowest BCUT2D eigenvalue weighted by molar-refractivity contribution is -0.148. The monoisotopic (exact) mass is 286 g/mol. The Morgan fingerprint density at radius 2 is 1.79 bits per heavy atom. The number of benzene rings is 1. The van der Waals surface area contributed by atoms with E-state index in [0.717, 1.165) is 0 Å². The molecule has 104 valence electrons.